The van der Waals surface area contributed by atoms with Crippen molar-refractivity contribution in [2.24, 2.45) is 0 Å². The molecule has 0 bridgehead atoms. The molecule has 34 heavy (non-hydrogen) atoms. The molecule has 1 saturated heterocycles. The van der Waals surface area contributed by atoms with E-state index in [1.807, 2.05) is 30.3 Å². The van der Waals surface area contributed by atoms with E-state index in [4.69, 9.17) is 16.3 Å². The lowest BCUT2D eigenvalue weighted by atomic mass is 10.1. The van der Waals surface area contributed by atoms with Gasteiger partial charge in [-0.3, -0.25) is 19.5 Å². The number of nitrogens with zero attached hydrogens (tertiary/aromatic N) is 2. The Morgan fingerprint density at radius 1 is 1.09 bits per heavy atom. The number of carbonyl (C=O) groups excluding carboxylic acids is 1. The number of aromatic nitrogens is 2. The predicted octanol–water partition coefficient (Wildman–Crippen LogP) is 5.99. The van der Waals surface area contributed by atoms with E-state index in [1.165, 1.54) is 4.57 Å². The number of anilines is 1. The van der Waals surface area contributed by atoms with E-state index in [0.717, 1.165) is 22.9 Å². The standard InChI is InChI=1S/C26H21BrClN3O3/c27-18-9-11-21-22(14-18)29-26(30-24(32)16-5-2-1-3-6-16)31(25(21)33)15-20-10-12-23(34-20)17-7-4-8-19(28)13-17/h1-9,11,13-14,20,23H,10,12,15H2,(H,29,30,32). The summed E-state index contributed by atoms with van der Waals surface area (Å²) in [4.78, 5) is 30.9. The number of hydrogen-bond acceptors (Lipinski definition) is 4. The Balaban J connectivity index is 1.47. The van der Waals surface area contributed by atoms with Crippen LogP contribution in [0.25, 0.3) is 10.9 Å². The molecule has 1 N–H and O–H groups in total. The van der Waals surface area contributed by atoms with E-state index in [2.05, 4.69) is 26.2 Å². The average molecular weight is 539 g/mol. The van der Waals surface area contributed by atoms with Gasteiger partial charge in [-0.25, -0.2) is 4.98 Å². The van der Waals surface area contributed by atoms with Crippen molar-refractivity contribution in [3.8, 4) is 0 Å². The molecule has 1 aromatic heterocycles. The van der Waals surface area contributed by atoms with Crippen LogP contribution in [0.1, 0.15) is 34.9 Å². The van der Waals surface area contributed by atoms with Crippen molar-refractivity contribution >= 4 is 50.3 Å². The second kappa shape index (κ2) is 9.70. The smallest absolute Gasteiger partial charge is 0.262 e. The van der Waals surface area contributed by atoms with Gasteiger partial charge in [-0.1, -0.05) is 57.9 Å². The minimum absolute atomic E-state index is 0.0915. The fourth-order valence-electron chi connectivity index (χ4n) is 4.22. The van der Waals surface area contributed by atoms with E-state index < -0.39 is 0 Å². The number of amides is 1. The van der Waals surface area contributed by atoms with Gasteiger partial charge in [-0.2, -0.15) is 0 Å². The molecule has 2 atom stereocenters. The molecule has 2 unspecified atom stereocenters. The van der Waals surface area contributed by atoms with Crippen LogP contribution in [-0.2, 0) is 11.3 Å². The van der Waals surface area contributed by atoms with Gasteiger partial charge in [-0.05, 0) is 60.9 Å². The summed E-state index contributed by atoms with van der Waals surface area (Å²) in [6.45, 7) is 0.277. The molecule has 4 aromatic rings. The maximum atomic E-state index is 13.4. The van der Waals surface area contributed by atoms with Crippen LogP contribution in [0.5, 0.6) is 0 Å². The van der Waals surface area contributed by atoms with E-state index in [9.17, 15) is 9.59 Å². The van der Waals surface area contributed by atoms with Gasteiger partial charge < -0.3 is 4.74 Å². The Bertz CT molecular complexity index is 1420. The van der Waals surface area contributed by atoms with Crippen molar-refractivity contribution in [1.29, 1.82) is 0 Å². The maximum absolute atomic E-state index is 13.4. The van der Waals surface area contributed by atoms with Crippen molar-refractivity contribution in [3.63, 3.8) is 0 Å². The van der Waals surface area contributed by atoms with Crippen LogP contribution < -0.4 is 10.9 Å². The Morgan fingerprint density at radius 2 is 1.91 bits per heavy atom. The van der Waals surface area contributed by atoms with Gasteiger partial charge in [-0.15, -0.1) is 0 Å². The third-order valence-corrected chi connectivity index (χ3v) is 6.62. The number of halogens is 2. The van der Waals surface area contributed by atoms with Crippen molar-refractivity contribution in [3.05, 3.63) is 104 Å². The van der Waals surface area contributed by atoms with Crippen LogP contribution in [0.4, 0.5) is 5.95 Å². The average Bonchev–Trinajstić information content (AvgIpc) is 3.31. The molecule has 172 valence electrons. The van der Waals surface area contributed by atoms with E-state index in [1.54, 1.807) is 42.5 Å². The Hall–Kier alpha value is -3.00. The highest BCUT2D eigenvalue weighted by Crippen LogP contribution is 2.34. The second-order valence-corrected chi connectivity index (χ2v) is 9.56. The number of ether oxygens (including phenoxy) is 1. The van der Waals surface area contributed by atoms with Gasteiger partial charge >= 0.3 is 0 Å². The van der Waals surface area contributed by atoms with Gasteiger partial charge in [0.2, 0.25) is 5.95 Å². The molecule has 1 fully saturated rings. The van der Waals surface area contributed by atoms with Crippen LogP contribution in [0.15, 0.2) is 82.1 Å². The van der Waals surface area contributed by atoms with E-state index in [-0.39, 0.29) is 36.2 Å². The first-order valence-corrected chi connectivity index (χ1v) is 12.1. The minimum Gasteiger partial charge on any atom is -0.368 e. The lowest BCUT2D eigenvalue weighted by Gasteiger charge is -2.19. The summed E-state index contributed by atoms with van der Waals surface area (Å²) in [6, 6.07) is 21.8. The Morgan fingerprint density at radius 3 is 2.71 bits per heavy atom. The van der Waals surface area contributed by atoms with Crippen LogP contribution in [-0.4, -0.2) is 21.6 Å². The highest BCUT2D eigenvalue weighted by Gasteiger charge is 2.28. The normalized spacial score (nSPS) is 17.7. The first-order chi connectivity index (χ1) is 16.5. The summed E-state index contributed by atoms with van der Waals surface area (Å²) in [7, 11) is 0. The number of carbonyl (C=O) groups is 1. The van der Waals surface area contributed by atoms with E-state index >= 15 is 0 Å². The molecule has 5 rings (SSSR count). The van der Waals surface area contributed by atoms with Crippen LogP contribution in [0.2, 0.25) is 5.02 Å². The molecule has 0 saturated carbocycles. The third-order valence-electron chi connectivity index (χ3n) is 5.89. The molecule has 1 amide bonds. The summed E-state index contributed by atoms with van der Waals surface area (Å²) in [5.74, 6) is -0.140. The molecule has 1 aliphatic rings. The summed E-state index contributed by atoms with van der Waals surface area (Å²) in [6.07, 6.45) is 1.29. The fraction of sp³-hybridized carbons (Fsp3) is 0.192. The lowest BCUT2D eigenvalue weighted by molar-refractivity contribution is 0.0347. The van der Waals surface area contributed by atoms with E-state index in [0.29, 0.717) is 21.5 Å². The monoisotopic (exact) mass is 537 g/mol. The summed E-state index contributed by atoms with van der Waals surface area (Å²) in [5.41, 5.74) is 1.77. The number of hydrogen-bond donors (Lipinski definition) is 1. The van der Waals surface area contributed by atoms with Crippen molar-refractivity contribution in [2.45, 2.75) is 31.6 Å². The molecule has 1 aliphatic heterocycles. The fourth-order valence-corrected chi connectivity index (χ4v) is 4.77. The van der Waals surface area contributed by atoms with Crippen molar-refractivity contribution in [2.75, 3.05) is 5.32 Å². The molecule has 0 spiro atoms. The summed E-state index contributed by atoms with van der Waals surface area (Å²) < 4.78 is 8.57. The molecule has 2 heterocycles. The van der Waals surface area contributed by atoms with Gasteiger partial charge in [0, 0.05) is 15.1 Å². The van der Waals surface area contributed by atoms with Crippen LogP contribution in [0, 0.1) is 0 Å². The molecular weight excluding hydrogens is 518 g/mol. The first-order valence-electron chi connectivity index (χ1n) is 11.0. The number of fused-ring (bicyclic) bond motifs is 1. The molecule has 0 aliphatic carbocycles. The Kier molecular flexibility index (Phi) is 6.50. The third kappa shape index (κ3) is 4.78. The maximum Gasteiger partial charge on any atom is 0.262 e. The topological polar surface area (TPSA) is 73.2 Å². The zero-order valence-corrected chi connectivity index (χ0v) is 20.4. The zero-order chi connectivity index (χ0) is 23.7. The van der Waals surface area contributed by atoms with Gasteiger partial charge in [0.1, 0.15) is 0 Å². The molecule has 6 nitrogen and oxygen atoms in total. The van der Waals surface area contributed by atoms with Gasteiger partial charge in [0.25, 0.3) is 11.5 Å². The zero-order valence-electron chi connectivity index (χ0n) is 18.1. The first kappa shape index (κ1) is 22.8. The van der Waals surface area contributed by atoms with Crippen LogP contribution in [0.3, 0.4) is 0 Å². The minimum atomic E-state index is -0.334. The molecule has 0 radical (unpaired) electrons. The summed E-state index contributed by atoms with van der Waals surface area (Å²) in [5, 5.41) is 3.97. The predicted molar refractivity (Wildman–Crippen MR) is 136 cm³/mol. The summed E-state index contributed by atoms with van der Waals surface area (Å²) >= 11 is 9.57. The largest absolute Gasteiger partial charge is 0.368 e. The highest BCUT2D eigenvalue weighted by molar-refractivity contribution is 9.10. The Labute approximate surface area is 209 Å². The number of rotatable bonds is 5. The quantitative estimate of drug-likeness (QED) is 0.339. The van der Waals surface area contributed by atoms with Gasteiger partial charge in [0.05, 0.1) is 29.7 Å². The number of benzene rings is 3. The molecular formula is C26H21BrClN3O3. The lowest BCUT2D eigenvalue weighted by Crippen LogP contribution is -2.31. The van der Waals surface area contributed by atoms with Crippen LogP contribution >= 0.6 is 27.5 Å². The van der Waals surface area contributed by atoms with Crippen molar-refractivity contribution in [1.82, 2.24) is 9.55 Å². The van der Waals surface area contributed by atoms with Gasteiger partial charge in [0.15, 0.2) is 0 Å². The number of nitrogens with one attached hydrogen (secondary N) is 1. The molecule has 8 heteroatoms. The second-order valence-electron chi connectivity index (χ2n) is 8.21. The SMILES string of the molecule is O=C(Nc1nc2cc(Br)ccc2c(=O)n1CC1CCC(c2cccc(Cl)c2)O1)c1ccccc1. The highest BCUT2D eigenvalue weighted by atomic mass is 79.9. The van der Waals surface area contributed by atoms with Crippen molar-refractivity contribution < 1.29 is 9.53 Å². The molecule has 3 aromatic carbocycles.